The zero-order valence-electron chi connectivity index (χ0n) is 10.4. The van der Waals surface area contributed by atoms with Crippen molar-refractivity contribution in [3.8, 4) is 0 Å². The fourth-order valence-corrected chi connectivity index (χ4v) is 3.24. The Kier molecular flexibility index (Phi) is 4.23. The van der Waals surface area contributed by atoms with Crippen molar-refractivity contribution in [2.75, 3.05) is 17.3 Å². The van der Waals surface area contributed by atoms with Crippen LogP contribution < -0.4 is 5.32 Å². The number of thiophene rings is 1. The third-order valence-electron chi connectivity index (χ3n) is 2.53. The van der Waals surface area contributed by atoms with Crippen molar-refractivity contribution >= 4 is 39.1 Å². The number of aryl methyl sites for hydroxylation is 1. The van der Waals surface area contributed by atoms with Gasteiger partial charge in [-0.05, 0) is 25.7 Å². The monoisotopic (exact) mass is 267 g/mol. The maximum Gasteiger partial charge on any atom is 0.138 e. The van der Waals surface area contributed by atoms with Gasteiger partial charge in [-0.2, -0.15) is 11.8 Å². The Hall–Kier alpha value is -0.810. The molecular formula is C12H17N3S2. The van der Waals surface area contributed by atoms with Gasteiger partial charge in [0, 0.05) is 16.7 Å². The van der Waals surface area contributed by atoms with Crippen molar-refractivity contribution in [1.82, 2.24) is 9.97 Å². The number of fused-ring (bicyclic) bond motifs is 1. The Bertz CT molecular complexity index is 495. The lowest BCUT2D eigenvalue weighted by Gasteiger charge is -2.13. The number of nitrogens with zero attached hydrogens (tertiary/aromatic N) is 2. The smallest absolute Gasteiger partial charge is 0.138 e. The highest BCUT2D eigenvalue weighted by molar-refractivity contribution is 7.98. The van der Waals surface area contributed by atoms with Gasteiger partial charge in [-0.1, -0.05) is 6.92 Å². The molecule has 0 saturated heterocycles. The third kappa shape index (κ3) is 2.90. The molecule has 0 aliphatic carbocycles. The summed E-state index contributed by atoms with van der Waals surface area (Å²) in [5.41, 5.74) is 0. The second-order valence-corrected chi connectivity index (χ2v) is 6.03. The second-order valence-electron chi connectivity index (χ2n) is 4.01. The van der Waals surface area contributed by atoms with Crippen LogP contribution in [0.4, 0.5) is 5.82 Å². The second kappa shape index (κ2) is 5.69. The van der Waals surface area contributed by atoms with Crippen LogP contribution in [-0.4, -0.2) is 28.0 Å². The van der Waals surface area contributed by atoms with Gasteiger partial charge >= 0.3 is 0 Å². The number of nitrogens with one attached hydrogen (secondary N) is 1. The van der Waals surface area contributed by atoms with Gasteiger partial charge in [-0.15, -0.1) is 11.3 Å². The van der Waals surface area contributed by atoms with Gasteiger partial charge in [-0.3, -0.25) is 0 Å². The summed E-state index contributed by atoms with van der Waals surface area (Å²) < 4.78 is 0. The molecule has 0 spiro atoms. The predicted molar refractivity (Wildman–Crippen MR) is 78.3 cm³/mol. The molecule has 0 aliphatic rings. The number of anilines is 1. The molecule has 2 aromatic rings. The molecule has 0 aromatic carbocycles. The molecule has 0 radical (unpaired) electrons. The Balaban J connectivity index is 2.30. The normalized spacial score (nSPS) is 12.9. The van der Waals surface area contributed by atoms with Gasteiger partial charge in [0.1, 0.15) is 17.0 Å². The van der Waals surface area contributed by atoms with E-state index >= 15 is 0 Å². The summed E-state index contributed by atoms with van der Waals surface area (Å²) in [5.74, 6) is 2.04. The minimum absolute atomic E-state index is 0.424. The molecule has 0 bridgehead atoms. The number of hydrogen-bond donors (Lipinski definition) is 1. The Labute approximate surface area is 110 Å². The van der Waals surface area contributed by atoms with Crippen LogP contribution in [0.2, 0.25) is 0 Å². The standard InChI is InChI=1S/C12H17N3S2/c1-4-9-5-10-11(15-8(2)6-16-3)13-7-14-12(10)17-9/h5,7-8H,4,6H2,1-3H3,(H,13,14,15). The quantitative estimate of drug-likeness (QED) is 0.901. The van der Waals surface area contributed by atoms with E-state index in [1.807, 2.05) is 11.8 Å². The Morgan fingerprint density at radius 2 is 2.29 bits per heavy atom. The van der Waals surface area contributed by atoms with Crippen LogP contribution in [0.5, 0.6) is 0 Å². The van der Waals surface area contributed by atoms with Gasteiger partial charge < -0.3 is 5.32 Å². The largest absolute Gasteiger partial charge is 0.366 e. The minimum atomic E-state index is 0.424. The van der Waals surface area contributed by atoms with Gasteiger partial charge in [0.2, 0.25) is 0 Å². The first-order valence-corrected chi connectivity index (χ1v) is 7.94. The Morgan fingerprint density at radius 3 is 3.00 bits per heavy atom. The van der Waals surface area contributed by atoms with Crippen molar-refractivity contribution in [2.24, 2.45) is 0 Å². The average Bonchev–Trinajstić information content (AvgIpc) is 2.73. The van der Waals surface area contributed by atoms with Gasteiger partial charge in [0.05, 0.1) is 5.39 Å². The number of aromatic nitrogens is 2. The SMILES string of the molecule is CCc1cc2c(NC(C)CSC)ncnc2s1. The van der Waals surface area contributed by atoms with Crippen LogP contribution in [0.25, 0.3) is 10.2 Å². The summed E-state index contributed by atoms with van der Waals surface area (Å²) >= 11 is 3.60. The fraction of sp³-hybridized carbons (Fsp3) is 0.500. The first-order valence-electron chi connectivity index (χ1n) is 5.73. The molecule has 2 heterocycles. The molecule has 2 aromatic heterocycles. The van der Waals surface area contributed by atoms with E-state index in [0.29, 0.717) is 6.04 Å². The van der Waals surface area contributed by atoms with Crippen LogP contribution in [0.1, 0.15) is 18.7 Å². The van der Waals surface area contributed by atoms with Gasteiger partial charge in [-0.25, -0.2) is 9.97 Å². The molecule has 17 heavy (non-hydrogen) atoms. The summed E-state index contributed by atoms with van der Waals surface area (Å²) in [4.78, 5) is 11.1. The summed E-state index contributed by atoms with van der Waals surface area (Å²) in [6, 6.07) is 2.63. The molecule has 1 unspecified atom stereocenters. The van der Waals surface area contributed by atoms with Crippen molar-refractivity contribution in [3.63, 3.8) is 0 Å². The molecule has 3 nitrogen and oxygen atoms in total. The summed E-state index contributed by atoms with van der Waals surface area (Å²) in [6.45, 7) is 4.35. The fourth-order valence-electron chi connectivity index (χ4n) is 1.72. The average molecular weight is 267 g/mol. The number of rotatable bonds is 5. The van der Waals surface area contributed by atoms with Crippen molar-refractivity contribution in [1.29, 1.82) is 0 Å². The van der Waals surface area contributed by atoms with E-state index in [-0.39, 0.29) is 0 Å². The Morgan fingerprint density at radius 1 is 1.47 bits per heavy atom. The predicted octanol–water partition coefficient (Wildman–Crippen LogP) is 3.42. The molecule has 1 atom stereocenters. The van der Waals surface area contributed by atoms with E-state index in [1.165, 1.54) is 4.88 Å². The van der Waals surface area contributed by atoms with Crippen LogP contribution in [0.3, 0.4) is 0 Å². The summed E-state index contributed by atoms with van der Waals surface area (Å²) in [7, 11) is 0. The topological polar surface area (TPSA) is 37.8 Å². The minimum Gasteiger partial charge on any atom is -0.366 e. The molecule has 0 saturated carbocycles. The van der Waals surface area contributed by atoms with E-state index in [2.05, 4.69) is 41.5 Å². The molecule has 0 fully saturated rings. The van der Waals surface area contributed by atoms with E-state index in [4.69, 9.17) is 0 Å². The molecule has 1 N–H and O–H groups in total. The zero-order chi connectivity index (χ0) is 12.3. The lowest BCUT2D eigenvalue weighted by molar-refractivity contribution is 0.904. The lowest BCUT2D eigenvalue weighted by atomic mass is 10.3. The molecule has 92 valence electrons. The van der Waals surface area contributed by atoms with Crippen LogP contribution in [0.15, 0.2) is 12.4 Å². The molecule has 0 amide bonds. The summed E-state index contributed by atoms with van der Waals surface area (Å²) in [5, 5.41) is 4.61. The maximum absolute atomic E-state index is 4.35. The summed E-state index contributed by atoms with van der Waals surface area (Å²) in [6.07, 6.45) is 4.82. The van der Waals surface area contributed by atoms with E-state index in [0.717, 1.165) is 28.2 Å². The highest BCUT2D eigenvalue weighted by atomic mass is 32.2. The molecule has 0 aliphatic heterocycles. The van der Waals surface area contributed by atoms with E-state index < -0.39 is 0 Å². The van der Waals surface area contributed by atoms with E-state index in [1.54, 1.807) is 17.7 Å². The van der Waals surface area contributed by atoms with Gasteiger partial charge in [0.15, 0.2) is 0 Å². The highest BCUT2D eigenvalue weighted by Gasteiger charge is 2.09. The third-order valence-corrected chi connectivity index (χ3v) is 4.55. The van der Waals surface area contributed by atoms with E-state index in [9.17, 15) is 0 Å². The van der Waals surface area contributed by atoms with Crippen molar-refractivity contribution < 1.29 is 0 Å². The molecule has 2 rings (SSSR count). The van der Waals surface area contributed by atoms with Crippen LogP contribution >= 0.6 is 23.1 Å². The zero-order valence-corrected chi connectivity index (χ0v) is 12.0. The van der Waals surface area contributed by atoms with Crippen LogP contribution in [0, 0.1) is 0 Å². The first kappa shape index (κ1) is 12.6. The first-order chi connectivity index (χ1) is 8.24. The maximum atomic E-state index is 4.35. The van der Waals surface area contributed by atoms with Crippen LogP contribution in [-0.2, 0) is 6.42 Å². The highest BCUT2D eigenvalue weighted by Crippen LogP contribution is 2.28. The number of hydrogen-bond acceptors (Lipinski definition) is 5. The number of thioether (sulfide) groups is 1. The molecule has 5 heteroatoms. The van der Waals surface area contributed by atoms with Gasteiger partial charge in [0.25, 0.3) is 0 Å². The molecular weight excluding hydrogens is 250 g/mol. The van der Waals surface area contributed by atoms with Crippen molar-refractivity contribution in [2.45, 2.75) is 26.3 Å². The lowest BCUT2D eigenvalue weighted by Crippen LogP contribution is -2.18. The van der Waals surface area contributed by atoms with Crippen molar-refractivity contribution in [3.05, 3.63) is 17.3 Å².